The number of anilines is 1. The number of carbonyl (C=O) groups excluding carboxylic acids is 1. The quantitative estimate of drug-likeness (QED) is 0.715. The topological polar surface area (TPSA) is 70.3 Å². The standard InChI is InChI=1S/C24H18N4O2/c25-23-19-17-11-5-1-3-7-13(11)27-15-9-10-16(30-15)28-14-8-4-2-6-12(14)18(22(28)21(17)27)20(19)24(29)26-23/h1-5,7-8,13,15-16H,6,9-10H2,(H2,25,26,29)/t13?,15-,16+/m1/s1. The van der Waals surface area contributed by atoms with Gasteiger partial charge < -0.3 is 19.5 Å². The lowest BCUT2D eigenvalue weighted by atomic mass is 9.93. The number of nitrogens with one attached hydrogen (secondary N) is 2. The van der Waals surface area contributed by atoms with Crippen molar-refractivity contribution in [2.45, 2.75) is 37.8 Å². The minimum Gasteiger partial charge on any atom is -0.335 e. The van der Waals surface area contributed by atoms with E-state index >= 15 is 0 Å². The molecule has 6 aliphatic rings. The van der Waals surface area contributed by atoms with Gasteiger partial charge in [-0.1, -0.05) is 36.5 Å². The van der Waals surface area contributed by atoms with E-state index in [-0.39, 0.29) is 30.2 Å². The number of amides is 1. The third kappa shape index (κ3) is 1.50. The van der Waals surface area contributed by atoms with Crippen LogP contribution in [0.4, 0.5) is 5.69 Å². The van der Waals surface area contributed by atoms with Gasteiger partial charge >= 0.3 is 0 Å². The van der Waals surface area contributed by atoms with Crippen molar-refractivity contribution >= 4 is 40.0 Å². The summed E-state index contributed by atoms with van der Waals surface area (Å²) in [6.45, 7) is 0. The second-order valence-electron chi connectivity index (χ2n) is 8.73. The number of amidine groups is 1. The van der Waals surface area contributed by atoms with E-state index in [2.05, 4.69) is 57.3 Å². The monoisotopic (exact) mass is 394 g/mol. The Morgan fingerprint density at radius 3 is 2.97 bits per heavy atom. The number of hydrogen-bond donors (Lipinski definition) is 2. The smallest absolute Gasteiger partial charge is 0.258 e. The Hall–Kier alpha value is -3.38. The highest BCUT2D eigenvalue weighted by Gasteiger charge is 2.47. The van der Waals surface area contributed by atoms with Crippen LogP contribution in [0.3, 0.4) is 0 Å². The fourth-order valence-electron chi connectivity index (χ4n) is 6.39. The van der Waals surface area contributed by atoms with Crippen molar-refractivity contribution in [1.29, 1.82) is 5.41 Å². The van der Waals surface area contributed by atoms with Gasteiger partial charge in [-0.15, -0.1) is 0 Å². The molecule has 0 saturated carbocycles. The molecule has 0 radical (unpaired) electrons. The SMILES string of the molecule is N=C1NC(=O)c2c1c1c3c4c2c2c(n4[C@@H]4CC[C@@H](O4)N3C3C=CC=CC=13)=CC=CC2. The maximum atomic E-state index is 13.1. The van der Waals surface area contributed by atoms with Crippen LogP contribution in [0.25, 0.3) is 22.6 Å². The average Bonchev–Trinajstić information content (AvgIpc) is 3.46. The number of fused-ring (bicyclic) bond motifs is 12. The van der Waals surface area contributed by atoms with E-state index in [0.29, 0.717) is 5.56 Å². The van der Waals surface area contributed by atoms with Gasteiger partial charge in [0.2, 0.25) is 0 Å². The fourth-order valence-corrected chi connectivity index (χ4v) is 6.39. The molecular formula is C24H18N4O2. The Morgan fingerprint density at radius 2 is 2.03 bits per heavy atom. The summed E-state index contributed by atoms with van der Waals surface area (Å²) >= 11 is 0. The normalized spacial score (nSPS) is 28.6. The third-order valence-corrected chi connectivity index (χ3v) is 7.41. The summed E-state index contributed by atoms with van der Waals surface area (Å²) in [7, 11) is 0. The fraction of sp³-hybridized carbons (Fsp3) is 0.250. The molecule has 2 aromatic rings. The van der Waals surface area contributed by atoms with E-state index in [1.165, 1.54) is 5.56 Å². The van der Waals surface area contributed by atoms with Crippen LogP contribution in [0.15, 0.2) is 36.5 Å². The van der Waals surface area contributed by atoms with Crippen molar-refractivity contribution in [3.63, 3.8) is 0 Å². The number of aromatic nitrogens is 1. The number of ether oxygens (including phenoxy) is 1. The third-order valence-electron chi connectivity index (χ3n) is 7.41. The van der Waals surface area contributed by atoms with E-state index in [0.717, 1.165) is 57.6 Å². The number of carbonyl (C=O) groups is 1. The van der Waals surface area contributed by atoms with Gasteiger partial charge in [0, 0.05) is 21.5 Å². The van der Waals surface area contributed by atoms with Crippen LogP contribution in [0.1, 0.15) is 40.6 Å². The van der Waals surface area contributed by atoms with Gasteiger partial charge in [0.05, 0.1) is 22.8 Å². The van der Waals surface area contributed by atoms with Gasteiger partial charge in [-0.05, 0) is 36.5 Å². The molecule has 146 valence electrons. The Labute approximate surface area is 171 Å². The molecule has 1 fully saturated rings. The van der Waals surface area contributed by atoms with E-state index < -0.39 is 0 Å². The summed E-state index contributed by atoms with van der Waals surface area (Å²) in [5.74, 6) is 0.0555. The molecule has 1 saturated heterocycles. The van der Waals surface area contributed by atoms with E-state index in [9.17, 15) is 4.79 Å². The maximum absolute atomic E-state index is 13.1. The maximum Gasteiger partial charge on any atom is 0.258 e. The second-order valence-corrected chi connectivity index (χ2v) is 8.73. The first-order chi connectivity index (χ1) is 14.7. The first-order valence-corrected chi connectivity index (χ1v) is 10.6. The Bertz CT molecular complexity index is 1490. The zero-order chi connectivity index (χ0) is 19.7. The Kier molecular flexibility index (Phi) is 2.50. The number of nitrogens with zero attached hydrogens (tertiary/aromatic N) is 2. The molecule has 6 nitrogen and oxygen atoms in total. The highest BCUT2D eigenvalue weighted by atomic mass is 16.5. The van der Waals surface area contributed by atoms with Gasteiger partial charge in [-0.3, -0.25) is 10.2 Å². The summed E-state index contributed by atoms with van der Waals surface area (Å²) in [5, 5.41) is 14.6. The molecule has 1 aromatic carbocycles. The number of rotatable bonds is 0. The first kappa shape index (κ1) is 15.5. The number of hydrogen-bond acceptors (Lipinski definition) is 4. The van der Waals surface area contributed by atoms with Crippen molar-refractivity contribution in [1.82, 2.24) is 9.88 Å². The minimum atomic E-state index is -0.159. The van der Waals surface area contributed by atoms with Gasteiger partial charge in [-0.2, -0.15) is 0 Å². The lowest BCUT2D eigenvalue weighted by Gasteiger charge is -2.32. The van der Waals surface area contributed by atoms with Gasteiger partial charge in [0.25, 0.3) is 5.91 Å². The zero-order valence-corrected chi connectivity index (χ0v) is 16.1. The second kappa shape index (κ2) is 4.84. The van der Waals surface area contributed by atoms with Crippen molar-refractivity contribution in [2.24, 2.45) is 0 Å². The number of benzene rings is 1. The van der Waals surface area contributed by atoms with Crippen molar-refractivity contribution in [3.8, 4) is 0 Å². The Morgan fingerprint density at radius 1 is 1.13 bits per heavy atom. The molecule has 0 spiro atoms. The van der Waals surface area contributed by atoms with Crippen molar-refractivity contribution < 1.29 is 9.53 Å². The highest BCUT2D eigenvalue weighted by molar-refractivity contribution is 6.30. The van der Waals surface area contributed by atoms with E-state index in [1.807, 2.05) is 0 Å². The minimum absolute atomic E-state index is 0.00239. The van der Waals surface area contributed by atoms with E-state index in [1.54, 1.807) is 0 Å². The number of allylic oxidation sites excluding steroid dienone is 4. The Balaban J connectivity index is 1.71. The van der Waals surface area contributed by atoms with Gasteiger partial charge in [0.1, 0.15) is 18.3 Å². The lowest BCUT2D eigenvalue weighted by Crippen LogP contribution is -2.40. The van der Waals surface area contributed by atoms with Crippen molar-refractivity contribution in [2.75, 3.05) is 4.90 Å². The molecule has 5 heterocycles. The molecule has 6 heteroatoms. The molecule has 1 unspecified atom stereocenters. The molecule has 4 aliphatic heterocycles. The van der Waals surface area contributed by atoms with Crippen molar-refractivity contribution in [3.05, 3.63) is 63.7 Å². The van der Waals surface area contributed by atoms with Crippen LogP contribution >= 0.6 is 0 Å². The molecule has 2 bridgehead atoms. The summed E-state index contributed by atoms with van der Waals surface area (Å²) in [6, 6.07) is 0.0764. The predicted octanol–water partition coefficient (Wildman–Crippen LogP) is 1.72. The molecule has 2 N–H and O–H groups in total. The van der Waals surface area contributed by atoms with Crippen LogP contribution in [-0.2, 0) is 11.2 Å². The predicted molar refractivity (Wildman–Crippen MR) is 114 cm³/mol. The highest BCUT2D eigenvalue weighted by Crippen LogP contribution is 2.47. The average molecular weight is 394 g/mol. The molecule has 3 atom stereocenters. The summed E-state index contributed by atoms with van der Waals surface area (Å²) in [5.41, 5.74) is 6.01. The van der Waals surface area contributed by atoms with E-state index in [4.69, 9.17) is 10.1 Å². The van der Waals surface area contributed by atoms with Crippen LogP contribution in [0.2, 0.25) is 0 Å². The largest absolute Gasteiger partial charge is 0.335 e. The molecule has 2 aliphatic carbocycles. The molecule has 1 amide bonds. The molecule has 30 heavy (non-hydrogen) atoms. The molecular weight excluding hydrogens is 376 g/mol. The first-order valence-electron chi connectivity index (χ1n) is 10.6. The van der Waals surface area contributed by atoms with Crippen LogP contribution < -0.4 is 20.8 Å². The van der Waals surface area contributed by atoms with Gasteiger partial charge in [-0.25, -0.2) is 0 Å². The summed E-state index contributed by atoms with van der Waals surface area (Å²) < 4.78 is 8.95. The summed E-state index contributed by atoms with van der Waals surface area (Å²) in [6.07, 6.45) is 17.6. The molecule has 1 aromatic heterocycles. The van der Waals surface area contributed by atoms with Gasteiger partial charge in [0.15, 0.2) is 0 Å². The van der Waals surface area contributed by atoms with Crippen LogP contribution in [0, 0.1) is 5.41 Å². The van der Waals surface area contributed by atoms with Crippen LogP contribution in [-0.4, -0.2) is 28.6 Å². The molecule has 8 rings (SSSR count). The zero-order valence-electron chi connectivity index (χ0n) is 16.1. The lowest BCUT2D eigenvalue weighted by molar-refractivity contribution is 0.00537. The van der Waals surface area contributed by atoms with Crippen LogP contribution in [0.5, 0.6) is 0 Å². The summed E-state index contributed by atoms with van der Waals surface area (Å²) in [4.78, 5) is 15.5.